The SMILES string of the molecule is CCOC(=O)CCC(=O)c1csc(C)n1. The molecule has 82 valence electrons. The highest BCUT2D eigenvalue weighted by atomic mass is 32.1. The summed E-state index contributed by atoms with van der Waals surface area (Å²) in [4.78, 5) is 26.5. The molecule has 0 saturated heterocycles. The van der Waals surface area contributed by atoms with Crippen molar-refractivity contribution < 1.29 is 14.3 Å². The molecule has 1 aromatic rings. The van der Waals surface area contributed by atoms with E-state index in [1.807, 2.05) is 6.92 Å². The average molecular weight is 227 g/mol. The molecular formula is C10H13NO3S. The minimum atomic E-state index is -0.335. The van der Waals surface area contributed by atoms with Gasteiger partial charge in [-0.05, 0) is 13.8 Å². The summed E-state index contributed by atoms with van der Waals surface area (Å²) >= 11 is 1.43. The van der Waals surface area contributed by atoms with Gasteiger partial charge in [0, 0.05) is 11.8 Å². The summed E-state index contributed by atoms with van der Waals surface area (Å²) in [5, 5.41) is 2.57. The van der Waals surface area contributed by atoms with Gasteiger partial charge in [0.25, 0.3) is 0 Å². The molecule has 0 aliphatic rings. The van der Waals surface area contributed by atoms with Crippen LogP contribution in [0.5, 0.6) is 0 Å². The largest absolute Gasteiger partial charge is 0.466 e. The number of ether oxygens (including phenoxy) is 1. The molecule has 0 bridgehead atoms. The van der Waals surface area contributed by atoms with Gasteiger partial charge in [-0.2, -0.15) is 0 Å². The van der Waals surface area contributed by atoms with Gasteiger partial charge < -0.3 is 4.74 Å². The number of aromatic nitrogens is 1. The first-order chi connectivity index (χ1) is 7.13. The van der Waals surface area contributed by atoms with Crippen LogP contribution in [-0.4, -0.2) is 23.3 Å². The number of hydrogen-bond donors (Lipinski definition) is 0. The van der Waals surface area contributed by atoms with Crippen molar-refractivity contribution in [3.8, 4) is 0 Å². The molecule has 0 fully saturated rings. The van der Waals surface area contributed by atoms with Gasteiger partial charge >= 0.3 is 5.97 Å². The van der Waals surface area contributed by atoms with Crippen LogP contribution < -0.4 is 0 Å². The van der Waals surface area contributed by atoms with Gasteiger partial charge in [-0.15, -0.1) is 11.3 Å². The van der Waals surface area contributed by atoms with Crippen LogP contribution in [0.1, 0.15) is 35.3 Å². The van der Waals surface area contributed by atoms with E-state index in [0.29, 0.717) is 12.3 Å². The van der Waals surface area contributed by atoms with E-state index in [4.69, 9.17) is 4.74 Å². The Balaban J connectivity index is 2.40. The zero-order chi connectivity index (χ0) is 11.3. The van der Waals surface area contributed by atoms with Gasteiger partial charge in [0.15, 0.2) is 5.78 Å². The summed E-state index contributed by atoms with van der Waals surface area (Å²) in [7, 11) is 0. The van der Waals surface area contributed by atoms with Crippen molar-refractivity contribution in [2.45, 2.75) is 26.7 Å². The third-order valence-electron chi connectivity index (χ3n) is 1.77. The molecule has 4 nitrogen and oxygen atoms in total. The van der Waals surface area contributed by atoms with Gasteiger partial charge in [-0.1, -0.05) is 0 Å². The van der Waals surface area contributed by atoms with Crippen molar-refractivity contribution in [2.75, 3.05) is 6.61 Å². The van der Waals surface area contributed by atoms with Crippen LogP contribution in [0.3, 0.4) is 0 Å². The molecule has 0 saturated carbocycles. The molecule has 0 aliphatic heterocycles. The lowest BCUT2D eigenvalue weighted by molar-refractivity contribution is -0.143. The van der Waals surface area contributed by atoms with Crippen LogP contribution in [0, 0.1) is 6.92 Å². The minimum Gasteiger partial charge on any atom is -0.466 e. The molecule has 1 heterocycles. The molecule has 1 aromatic heterocycles. The first-order valence-corrected chi connectivity index (χ1v) is 5.62. The average Bonchev–Trinajstić information content (AvgIpc) is 2.62. The lowest BCUT2D eigenvalue weighted by Crippen LogP contribution is -2.08. The summed E-state index contributed by atoms with van der Waals surface area (Å²) in [5.74, 6) is -0.440. The minimum absolute atomic E-state index is 0.104. The molecule has 0 aliphatic carbocycles. The second-order valence-electron chi connectivity index (χ2n) is 2.98. The van der Waals surface area contributed by atoms with E-state index in [0.717, 1.165) is 5.01 Å². The number of thiazole rings is 1. The highest BCUT2D eigenvalue weighted by molar-refractivity contribution is 7.09. The summed E-state index contributed by atoms with van der Waals surface area (Å²) < 4.78 is 4.72. The van der Waals surface area contributed by atoms with Crippen molar-refractivity contribution in [3.63, 3.8) is 0 Å². The molecule has 0 radical (unpaired) electrons. The summed E-state index contributed by atoms with van der Waals surface area (Å²) in [5.41, 5.74) is 0.446. The quantitative estimate of drug-likeness (QED) is 0.570. The van der Waals surface area contributed by atoms with Gasteiger partial charge in [-0.25, -0.2) is 4.98 Å². The third kappa shape index (κ3) is 3.79. The molecule has 0 atom stereocenters. The number of carbonyl (C=O) groups is 2. The second kappa shape index (κ2) is 5.60. The molecule has 0 spiro atoms. The van der Waals surface area contributed by atoms with E-state index in [9.17, 15) is 9.59 Å². The van der Waals surface area contributed by atoms with Crippen LogP contribution in [-0.2, 0) is 9.53 Å². The topological polar surface area (TPSA) is 56.3 Å². The number of Topliss-reactive ketones (excluding diaryl/α,β-unsaturated/α-hetero) is 1. The number of ketones is 1. The first-order valence-electron chi connectivity index (χ1n) is 4.74. The smallest absolute Gasteiger partial charge is 0.306 e. The maximum absolute atomic E-state index is 11.5. The fraction of sp³-hybridized carbons (Fsp3) is 0.500. The molecule has 0 amide bonds. The van der Waals surface area contributed by atoms with Gasteiger partial charge in [0.1, 0.15) is 5.69 Å². The number of aryl methyl sites for hydroxylation is 1. The number of esters is 1. The standard InChI is InChI=1S/C10H13NO3S/c1-3-14-10(13)5-4-9(12)8-6-15-7(2)11-8/h6H,3-5H2,1-2H3. The fourth-order valence-electron chi connectivity index (χ4n) is 1.07. The van der Waals surface area contributed by atoms with E-state index >= 15 is 0 Å². The van der Waals surface area contributed by atoms with E-state index in [-0.39, 0.29) is 24.6 Å². The molecule has 0 aromatic carbocycles. The molecule has 15 heavy (non-hydrogen) atoms. The summed E-state index contributed by atoms with van der Waals surface area (Å²) in [6.45, 7) is 3.93. The molecule has 5 heteroatoms. The Hall–Kier alpha value is -1.23. The highest BCUT2D eigenvalue weighted by Crippen LogP contribution is 2.11. The second-order valence-corrected chi connectivity index (χ2v) is 4.04. The lowest BCUT2D eigenvalue weighted by atomic mass is 10.2. The van der Waals surface area contributed by atoms with E-state index in [1.54, 1.807) is 12.3 Å². The molecule has 1 rings (SSSR count). The van der Waals surface area contributed by atoms with Crippen LogP contribution in [0.4, 0.5) is 0 Å². The van der Waals surface area contributed by atoms with Crippen molar-refractivity contribution in [1.29, 1.82) is 0 Å². The van der Waals surface area contributed by atoms with Gasteiger partial charge in [-0.3, -0.25) is 9.59 Å². The number of nitrogens with zero attached hydrogens (tertiary/aromatic N) is 1. The van der Waals surface area contributed by atoms with Crippen LogP contribution >= 0.6 is 11.3 Å². The van der Waals surface area contributed by atoms with Crippen LogP contribution in [0.15, 0.2) is 5.38 Å². The predicted octanol–water partition coefficient (Wildman–Crippen LogP) is 1.98. The van der Waals surface area contributed by atoms with Crippen molar-refractivity contribution >= 4 is 23.1 Å². The Bertz CT molecular complexity index is 359. The zero-order valence-corrected chi connectivity index (χ0v) is 9.60. The number of carbonyl (C=O) groups excluding carboxylic acids is 2. The van der Waals surface area contributed by atoms with Crippen molar-refractivity contribution in [1.82, 2.24) is 4.98 Å². The summed E-state index contributed by atoms with van der Waals surface area (Å²) in [6, 6.07) is 0. The normalized spacial score (nSPS) is 10.0. The molecule has 0 N–H and O–H groups in total. The summed E-state index contributed by atoms with van der Waals surface area (Å²) in [6.07, 6.45) is 0.297. The Morgan fingerprint density at radius 2 is 2.20 bits per heavy atom. The van der Waals surface area contributed by atoms with E-state index < -0.39 is 0 Å². The zero-order valence-electron chi connectivity index (χ0n) is 8.78. The third-order valence-corrected chi connectivity index (χ3v) is 2.54. The first kappa shape index (κ1) is 11.8. The molecular weight excluding hydrogens is 214 g/mol. The highest BCUT2D eigenvalue weighted by Gasteiger charge is 2.12. The maximum Gasteiger partial charge on any atom is 0.306 e. The molecule has 0 unspecified atom stereocenters. The lowest BCUT2D eigenvalue weighted by Gasteiger charge is -1.99. The van der Waals surface area contributed by atoms with Gasteiger partial charge in [0.05, 0.1) is 18.0 Å². The fourth-order valence-corrected chi connectivity index (χ4v) is 1.69. The Labute approximate surface area is 92.3 Å². The number of hydrogen-bond acceptors (Lipinski definition) is 5. The number of rotatable bonds is 5. The van der Waals surface area contributed by atoms with Gasteiger partial charge in [0.2, 0.25) is 0 Å². The monoisotopic (exact) mass is 227 g/mol. The van der Waals surface area contributed by atoms with E-state index in [2.05, 4.69) is 4.98 Å². The van der Waals surface area contributed by atoms with E-state index in [1.165, 1.54) is 11.3 Å². The predicted molar refractivity (Wildman–Crippen MR) is 57.0 cm³/mol. The van der Waals surface area contributed by atoms with Crippen LogP contribution in [0.2, 0.25) is 0 Å². The maximum atomic E-state index is 11.5. The van der Waals surface area contributed by atoms with Crippen molar-refractivity contribution in [2.24, 2.45) is 0 Å². The Kier molecular flexibility index (Phi) is 4.42. The Morgan fingerprint density at radius 1 is 1.47 bits per heavy atom. The van der Waals surface area contributed by atoms with Crippen LogP contribution in [0.25, 0.3) is 0 Å². The van der Waals surface area contributed by atoms with Crippen molar-refractivity contribution in [3.05, 3.63) is 16.1 Å². The Morgan fingerprint density at radius 3 is 2.73 bits per heavy atom.